The normalized spacial score (nSPS) is 10.4. The Bertz CT molecular complexity index is 772. The van der Waals surface area contributed by atoms with Crippen LogP contribution in [-0.4, -0.2) is 18.9 Å². The molecule has 0 bridgehead atoms. The molecule has 0 saturated heterocycles. The summed E-state index contributed by atoms with van der Waals surface area (Å²) >= 11 is 0. The Morgan fingerprint density at radius 2 is 1.52 bits per heavy atom. The second-order valence-electron chi connectivity index (χ2n) is 7.18. The lowest BCUT2D eigenvalue weighted by Gasteiger charge is -2.09. The van der Waals surface area contributed by atoms with Crippen LogP contribution in [0.15, 0.2) is 48.5 Å². The van der Waals surface area contributed by atoms with Crippen molar-refractivity contribution in [3.05, 3.63) is 54.1 Å². The average Bonchev–Trinajstić information content (AvgIpc) is 2.73. The molecule has 0 heterocycles. The van der Waals surface area contributed by atoms with E-state index in [9.17, 15) is 9.59 Å². The van der Waals surface area contributed by atoms with Gasteiger partial charge >= 0.3 is 0 Å². The van der Waals surface area contributed by atoms with Gasteiger partial charge < -0.3 is 15.4 Å². The lowest BCUT2D eigenvalue weighted by Crippen LogP contribution is -2.13. The van der Waals surface area contributed by atoms with E-state index in [1.165, 1.54) is 32.1 Å². The molecule has 0 atom stereocenters. The molecule has 0 aliphatic heterocycles. The lowest BCUT2D eigenvalue weighted by atomic mass is 10.1. The number of anilines is 2. The fraction of sp³-hybridized carbons (Fsp3) is 0.417. The van der Waals surface area contributed by atoms with Gasteiger partial charge in [-0.15, -0.1) is 0 Å². The minimum atomic E-state index is -0.209. The van der Waals surface area contributed by atoms with E-state index in [0.29, 0.717) is 29.1 Å². The largest absolute Gasteiger partial charge is 0.497 e. The van der Waals surface area contributed by atoms with E-state index >= 15 is 0 Å². The lowest BCUT2D eigenvalue weighted by molar-refractivity contribution is -0.116. The fourth-order valence-corrected chi connectivity index (χ4v) is 3.08. The maximum atomic E-state index is 12.4. The molecule has 5 heteroatoms. The molecule has 0 saturated carbocycles. The number of amides is 2. The van der Waals surface area contributed by atoms with Gasteiger partial charge in [-0.3, -0.25) is 9.59 Å². The van der Waals surface area contributed by atoms with Crippen molar-refractivity contribution in [2.24, 2.45) is 0 Å². The Morgan fingerprint density at radius 3 is 2.21 bits per heavy atom. The number of carbonyl (C=O) groups excluding carboxylic acids is 2. The second-order valence-corrected chi connectivity index (χ2v) is 7.18. The number of hydrogen-bond acceptors (Lipinski definition) is 3. The Morgan fingerprint density at radius 1 is 0.828 bits per heavy atom. The topological polar surface area (TPSA) is 67.4 Å². The minimum absolute atomic E-state index is 0.0205. The predicted octanol–water partition coefficient (Wildman–Crippen LogP) is 6.03. The zero-order valence-electron chi connectivity index (χ0n) is 17.5. The highest BCUT2D eigenvalue weighted by atomic mass is 16.5. The highest BCUT2D eigenvalue weighted by molar-refractivity contribution is 6.04. The van der Waals surface area contributed by atoms with E-state index in [1.54, 1.807) is 43.5 Å². The first-order chi connectivity index (χ1) is 14.1. The van der Waals surface area contributed by atoms with Gasteiger partial charge in [0.25, 0.3) is 5.91 Å². The van der Waals surface area contributed by atoms with Crippen molar-refractivity contribution < 1.29 is 14.3 Å². The summed E-state index contributed by atoms with van der Waals surface area (Å²) in [6, 6.07) is 14.1. The Balaban J connectivity index is 1.74. The Labute approximate surface area is 173 Å². The molecule has 0 aliphatic carbocycles. The number of unbranched alkanes of at least 4 members (excludes halogenated alkanes) is 6. The predicted molar refractivity (Wildman–Crippen MR) is 119 cm³/mol. The summed E-state index contributed by atoms with van der Waals surface area (Å²) in [4.78, 5) is 24.4. The molecule has 0 aliphatic rings. The van der Waals surface area contributed by atoms with E-state index in [0.717, 1.165) is 12.8 Å². The Kier molecular flexibility index (Phi) is 9.76. The van der Waals surface area contributed by atoms with E-state index in [-0.39, 0.29) is 11.8 Å². The molecule has 2 rings (SSSR count). The third-order valence-electron chi connectivity index (χ3n) is 4.77. The van der Waals surface area contributed by atoms with Crippen LogP contribution in [0.3, 0.4) is 0 Å². The van der Waals surface area contributed by atoms with Crippen molar-refractivity contribution >= 4 is 23.2 Å². The van der Waals surface area contributed by atoms with E-state index in [2.05, 4.69) is 17.6 Å². The molecule has 2 amide bonds. The van der Waals surface area contributed by atoms with Crippen molar-refractivity contribution in [3.8, 4) is 5.75 Å². The third kappa shape index (κ3) is 8.38. The summed E-state index contributed by atoms with van der Waals surface area (Å²) < 4.78 is 5.16. The molecule has 5 nitrogen and oxygen atoms in total. The van der Waals surface area contributed by atoms with Crippen LogP contribution < -0.4 is 15.4 Å². The molecule has 2 aromatic carbocycles. The molecule has 0 fully saturated rings. The number of methoxy groups -OCH3 is 1. The molecule has 2 aromatic rings. The van der Waals surface area contributed by atoms with Crippen molar-refractivity contribution in [3.63, 3.8) is 0 Å². The maximum absolute atomic E-state index is 12.4. The number of rotatable bonds is 12. The first kappa shape index (κ1) is 22.5. The third-order valence-corrected chi connectivity index (χ3v) is 4.77. The highest BCUT2D eigenvalue weighted by Crippen LogP contribution is 2.18. The van der Waals surface area contributed by atoms with Crippen LogP contribution in [-0.2, 0) is 4.79 Å². The zero-order chi connectivity index (χ0) is 20.9. The first-order valence-corrected chi connectivity index (χ1v) is 10.5. The van der Waals surface area contributed by atoms with Crippen LogP contribution in [0.4, 0.5) is 11.4 Å². The van der Waals surface area contributed by atoms with Gasteiger partial charge in [0.1, 0.15) is 5.75 Å². The van der Waals surface area contributed by atoms with Gasteiger partial charge in [0.2, 0.25) is 5.91 Å². The number of nitrogens with one attached hydrogen (secondary N) is 2. The van der Waals surface area contributed by atoms with Gasteiger partial charge in [-0.05, 0) is 42.8 Å². The van der Waals surface area contributed by atoms with E-state index in [1.807, 2.05) is 12.1 Å². The molecule has 0 unspecified atom stereocenters. The number of ether oxygens (including phenoxy) is 1. The summed E-state index contributed by atoms with van der Waals surface area (Å²) in [6.45, 7) is 2.21. The summed E-state index contributed by atoms with van der Waals surface area (Å²) in [5.41, 5.74) is 1.90. The minimum Gasteiger partial charge on any atom is -0.497 e. The van der Waals surface area contributed by atoms with Gasteiger partial charge in [-0.25, -0.2) is 0 Å². The zero-order valence-corrected chi connectivity index (χ0v) is 17.5. The molecule has 156 valence electrons. The maximum Gasteiger partial charge on any atom is 0.255 e. The fourth-order valence-electron chi connectivity index (χ4n) is 3.08. The van der Waals surface area contributed by atoms with Crippen molar-refractivity contribution in [2.45, 2.75) is 58.3 Å². The van der Waals surface area contributed by atoms with Gasteiger partial charge in [-0.1, -0.05) is 51.5 Å². The van der Waals surface area contributed by atoms with Crippen LogP contribution in [0.5, 0.6) is 5.75 Å². The van der Waals surface area contributed by atoms with Crippen LogP contribution >= 0.6 is 0 Å². The van der Waals surface area contributed by atoms with Gasteiger partial charge in [0.15, 0.2) is 0 Å². The standard InChI is InChI=1S/C24H32N2O3/c1-3-4-5-6-7-8-9-13-23(27)25-20-16-14-19(15-17-20)24(28)26-21-11-10-12-22(18-21)29-2/h10-12,14-18H,3-9,13H2,1-2H3,(H,25,27)(H,26,28). The second kappa shape index (κ2) is 12.6. The smallest absolute Gasteiger partial charge is 0.255 e. The van der Waals surface area contributed by atoms with Crippen LogP contribution in [0.1, 0.15) is 68.6 Å². The number of hydrogen-bond donors (Lipinski definition) is 2. The summed E-state index contributed by atoms with van der Waals surface area (Å²) in [5.74, 6) is 0.494. The Hall–Kier alpha value is -2.82. The van der Waals surface area contributed by atoms with Gasteiger partial charge in [0, 0.05) is 29.4 Å². The molecule has 2 N–H and O–H groups in total. The average molecular weight is 397 g/mol. The quantitative estimate of drug-likeness (QED) is 0.431. The van der Waals surface area contributed by atoms with E-state index in [4.69, 9.17) is 4.74 Å². The molecule has 0 aromatic heterocycles. The van der Waals surface area contributed by atoms with Crippen LogP contribution in [0, 0.1) is 0 Å². The summed E-state index contributed by atoms with van der Waals surface area (Å²) in [7, 11) is 1.58. The molecular formula is C24H32N2O3. The molecular weight excluding hydrogens is 364 g/mol. The SMILES string of the molecule is CCCCCCCCCC(=O)Nc1ccc(C(=O)Nc2cccc(OC)c2)cc1. The van der Waals surface area contributed by atoms with Crippen molar-refractivity contribution in [1.82, 2.24) is 0 Å². The van der Waals surface area contributed by atoms with Crippen molar-refractivity contribution in [2.75, 3.05) is 17.7 Å². The first-order valence-electron chi connectivity index (χ1n) is 10.5. The highest BCUT2D eigenvalue weighted by Gasteiger charge is 2.08. The number of benzene rings is 2. The monoisotopic (exact) mass is 396 g/mol. The molecule has 0 spiro atoms. The number of carbonyl (C=O) groups is 2. The van der Waals surface area contributed by atoms with Gasteiger partial charge in [-0.2, -0.15) is 0 Å². The van der Waals surface area contributed by atoms with Gasteiger partial charge in [0.05, 0.1) is 7.11 Å². The van der Waals surface area contributed by atoms with Crippen molar-refractivity contribution in [1.29, 1.82) is 0 Å². The molecule has 0 radical (unpaired) electrons. The summed E-state index contributed by atoms with van der Waals surface area (Å²) in [6.07, 6.45) is 8.85. The van der Waals surface area contributed by atoms with Crippen LogP contribution in [0.25, 0.3) is 0 Å². The van der Waals surface area contributed by atoms with Crippen LogP contribution in [0.2, 0.25) is 0 Å². The summed E-state index contributed by atoms with van der Waals surface area (Å²) in [5, 5.41) is 5.74. The van der Waals surface area contributed by atoms with E-state index < -0.39 is 0 Å². The molecule has 29 heavy (non-hydrogen) atoms.